The summed E-state index contributed by atoms with van der Waals surface area (Å²) in [7, 11) is -1.43. The molecule has 1 saturated carbocycles. The van der Waals surface area contributed by atoms with Crippen molar-refractivity contribution in [2.45, 2.75) is 87.9 Å². The van der Waals surface area contributed by atoms with Crippen LogP contribution >= 0.6 is 11.6 Å². The second-order valence-electron chi connectivity index (χ2n) is 11.4. The lowest BCUT2D eigenvalue weighted by molar-refractivity contribution is -0.145. The molecule has 0 aromatic heterocycles. The molecule has 2 amide bonds. The lowest BCUT2D eigenvalue weighted by atomic mass is 9.98. The number of hydrogen-bond donors (Lipinski definition) is 1. The second-order valence-corrected chi connectivity index (χ2v) is 13.4. The molecular formula is C33H41ClN2O8S. The highest BCUT2D eigenvalue weighted by Crippen LogP contribution is 2.24. The van der Waals surface area contributed by atoms with Crippen LogP contribution in [0.1, 0.15) is 85.7 Å². The molecule has 1 aliphatic heterocycles. The maximum Gasteiger partial charge on any atom is 0.511 e. The monoisotopic (exact) mass is 660 g/mol. The number of likely N-dealkylation sites (tertiary alicyclic amines) is 1. The number of esters is 1. The molecule has 12 heteroatoms. The molecule has 0 bridgehead atoms. The Kier molecular flexibility index (Phi) is 13.7. The zero-order valence-corrected chi connectivity index (χ0v) is 27.0. The summed E-state index contributed by atoms with van der Waals surface area (Å²) in [5.74, 6) is -0.973. The second kappa shape index (κ2) is 17.9. The molecule has 244 valence electrons. The van der Waals surface area contributed by atoms with Crippen molar-refractivity contribution >= 4 is 46.3 Å². The number of β-lactam (4-membered cyclic amide) rings is 1. The quantitative estimate of drug-likeness (QED) is 0.106. The van der Waals surface area contributed by atoms with E-state index in [4.69, 9.17) is 25.8 Å². The van der Waals surface area contributed by atoms with Gasteiger partial charge in [-0.3, -0.25) is 13.8 Å². The number of nitrogens with one attached hydrogen (secondary N) is 1. The Labute approximate surface area is 271 Å². The Morgan fingerprint density at radius 3 is 2.29 bits per heavy atom. The smallest absolute Gasteiger partial charge is 0.431 e. The van der Waals surface area contributed by atoms with Crippen LogP contribution in [0.4, 0.5) is 4.79 Å². The average Bonchev–Trinajstić information content (AvgIpc) is 3.03. The van der Waals surface area contributed by atoms with Gasteiger partial charge in [-0.1, -0.05) is 55.1 Å². The topological polar surface area (TPSA) is 128 Å². The first-order chi connectivity index (χ1) is 21.8. The number of carbonyl (C=O) groups is 4. The van der Waals surface area contributed by atoms with Crippen LogP contribution in [-0.2, 0) is 46.8 Å². The summed E-state index contributed by atoms with van der Waals surface area (Å²) in [6.07, 6.45) is 8.84. The number of nitrogens with zero attached hydrogens (tertiary/aromatic N) is 1. The van der Waals surface area contributed by atoms with Crippen LogP contribution in [0.2, 0.25) is 5.02 Å². The van der Waals surface area contributed by atoms with Crippen molar-refractivity contribution in [1.82, 2.24) is 10.2 Å². The number of rotatable bonds is 16. The molecule has 2 aromatic rings. The molecule has 1 aliphatic carbocycles. The van der Waals surface area contributed by atoms with E-state index in [2.05, 4.69) is 5.32 Å². The lowest BCUT2D eigenvalue weighted by Crippen LogP contribution is -2.57. The van der Waals surface area contributed by atoms with E-state index in [0.29, 0.717) is 12.1 Å². The van der Waals surface area contributed by atoms with Crippen LogP contribution in [0, 0.1) is 0 Å². The van der Waals surface area contributed by atoms with Crippen LogP contribution < -0.4 is 5.32 Å². The molecule has 1 heterocycles. The molecule has 2 atom stereocenters. The van der Waals surface area contributed by atoms with Crippen molar-refractivity contribution in [3.05, 3.63) is 70.2 Å². The first-order valence-corrected chi connectivity index (χ1v) is 17.3. The van der Waals surface area contributed by atoms with Crippen molar-refractivity contribution in [3.8, 4) is 0 Å². The molecule has 1 saturated heterocycles. The minimum Gasteiger partial charge on any atom is -0.431 e. The van der Waals surface area contributed by atoms with E-state index >= 15 is 0 Å². The third-order valence-electron chi connectivity index (χ3n) is 7.94. The standard InChI is InChI=1S/C33H41ClN2O8S/c34-27-17-13-24(14-18-27)8-4-1-2-7-19-35-29(37)21-36-30(38)20-31(36)45(41)22-25-11-15-26(16-12-25)32(39)42-23-43-33(40)44-28-9-5-3-6-10-28/h11-18,28,31H,1-10,19-23H2,(H,35,37). The molecule has 0 radical (unpaired) electrons. The summed E-state index contributed by atoms with van der Waals surface area (Å²) in [5, 5.41) is 3.05. The van der Waals surface area contributed by atoms with Gasteiger partial charge in [-0.2, -0.15) is 0 Å². The van der Waals surface area contributed by atoms with E-state index in [1.165, 1.54) is 22.6 Å². The van der Waals surface area contributed by atoms with Gasteiger partial charge in [0.1, 0.15) is 18.0 Å². The van der Waals surface area contributed by atoms with Gasteiger partial charge in [0.25, 0.3) is 0 Å². The Bertz CT molecular complexity index is 1310. The number of hydrogen-bond acceptors (Lipinski definition) is 8. The molecule has 10 nitrogen and oxygen atoms in total. The molecule has 2 aromatic carbocycles. The van der Waals surface area contributed by atoms with E-state index < -0.39 is 35.1 Å². The minimum absolute atomic E-state index is 0.118. The Balaban J connectivity index is 1.09. The summed E-state index contributed by atoms with van der Waals surface area (Å²) in [5.41, 5.74) is 2.21. The molecule has 4 rings (SSSR count). The van der Waals surface area contributed by atoms with Gasteiger partial charge in [0.05, 0.1) is 17.7 Å². The first-order valence-electron chi connectivity index (χ1n) is 15.6. The molecular weight excluding hydrogens is 620 g/mol. The van der Waals surface area contributed by atoms with Crippen LogP contribution in [0.25, 0.3) is 0 Å². The zero-order valence-electron chi connectivity index (χ0n) is 25.4. The van der Waals surface area contributed by atoms with Crippen LogP contribution in [0.5, 0.6) is 0 Å². The van der Waals surface area contributed by atoms with Gasteiger partial charge in [-0.05, 0) is 80.3 Å². The largest absolute Gasteiger partial charge is 0.511 e. The Morgan fingerprint density at radius 2 is 1.58 bits per heavy atom. The molecule has 45 heavy (non-hydrogen) atoms. The average molecular weight is 661 g/mol. The molecule has 1 N–H and O–H groups in total. The van der Waals surface area contributed by atoms with E-state index in [1.54, 1.807) is 12.1 Å². The fraction of sp³-hybridized carbons (Fsp3) is 0.515. The number of amides is 2. The zero-order chi connectivity index (χ0) is 32.0. The Hall–Kier alpha value is -3.44. The number of ether oxygens (including phenoxy) is 3. The summed E-state index contributed by atoms with van der Waals surface area (Å²) >= 11 is 5.92. The van der Waals surface area contributed by atoms with Gasteiger partial charge in [0.15, 0.2) is 0 Å². The summed E-state index contributed by atoms with van der Waals surface area (Å²) < 4.78 is 28.1. The fourth-order valence-electron chi connectivity index (χ4n) is 5.31. The lowest BCUT2D eigenvalue weighted by Gasteiger charge is -2.39. The van der Waals surface area contributed by atoms with Gasteiger partial charge in [-0.25, -0.2) is 9.59 Å². The molecule has 2 aliphatic rings. The van der Waals surface area contributed by atoms with E-state index in [9.17, 15) is 23.4 Å². The highest BCUT2D eigenvalue weighted by atomic mass is 35.5. The minimum atomic E-state index is -1.43. The van der Waals surface area contributed by atoms with Crippen LogP contribution in [0.3, 0.4) is 0 Å². The molecule has 2 fully saturated rings. The third kappa shape index (κ3) is 11.5. The highest BCUT2D eigenvalue weighted by Gasteiger charge is 2.41. The molecule has 0 spiro atoms. The van der Waals surface area contributed by atoms with Gasteiger partial charge in [0, 0.05) is 22.4 Å². The van der Waals surface area contributed by atoms with Crippen LogP contribution in [0.15, 0.2) is 48.5 Å². The van der Waals surface area contributed by atoms with Crippen molar-refractivity contribution in [2.75, 3.05) is 19.9 Å². The first kappa shape index (κ1) is 34.4. The predicted octanol–water partition coefficient (Wildman–Crippen LogP) is 5.67. The maximum absolute atomic E-state index is 13.0. The Morgan fingerprint density at radius 1 is 0.889 bits per heavy atom. The van der Waals surface area contributed by atoms with Crippen LogP contribution in [-0.4, -0.2) is 64.4 Å². The maximum atomic E-state index is 13.0. The van der Waals surface area contributed by atoms with Crippen molar-refractivity contribution in [3.63, 3.8) is 0 Å². The fourth-order valence-corrected chi connectivity index (χ4v) is 6.96. The summed E-state index contributed by atoms with van der Waals surface area (Å²) in [6.45, 7) is -0.145. The SMILES string of the molecule is O=C(CN1C(=O)CC1S(=O)Cc1ccc(C(=O)OCOC(=O)OC2CCCCC2)cc1)NCCCCCCc1ccc(Cl)cc1. The number of carbonyl (C=O) groups excluding carboxylic acids is 4. The van der Waals surface area contributed by atoms with E-state index in [0.717, 1.165) is 69.2 Å². The van der Waals surface area contributed by atoms with E-state index in [-0.39, 0.29) is 42.2 Å². The van der Waals surface area contributed by atoms with Crippen molar-refractivity contribution in [2.24, 2.45) is 0 Å². The van der Waals surface area contributed by atoms with Gasteiger partial charge in [-0.15, -0.1) is 0 Å². The summed E-state index contributed by atoms with van der Waals surface area (Å²) in [6, 6.07) is 14.2. The van der Waals surface area contributed by atoms with Crippen molar-refractivity contribution in [1.29, 1.82) is 0 Å². The van der Waals surface area contributed by atoms with E-state index in [1.807, 2.05) is 24.3 Å². The number of aryl methyl sites for hydroxylation is 1. The third-order valence-corrected chi connectivity index (χ3v) is 9.84. The van der Waals surface area contributed by atoms with Gasteiger partial charge in [0.2, 0.25) is 18.6 Å². The molecule has 2 unspecified atom stereocenters. The number of benzene rings is 2. The van der Waals surface area contributed by atoms with Crippen molar-refractivity contribution < 1.29 is 37.6 Å². The highest BCUT2D eigenvalue weighted by molar-refractivity contribution is 7.85. The van der Waals surface area contributed by atoms with Gasteiger partial charge >= 0.3 is 12.1 Å². The van der Waals surface area contributed by atoms with Gasteiger partial charge < -0.3 is 24.4 Å². The number of unbranched alkanes of at least 4 members (excludes halogenated alkanes) is 3. The normalized spacial score (nSPS) is 17.2. The number of halogens is 1. The predicted molar refractivity (Wildman–Crippen MR) is 170 cm³/mol. The summed E-state index contributed by atoms with van der Waals surface area (Å²) in [4.78, 5) is 50.1.